The second-order valence-corrected chi connectivity index (χ2v) is 4.53. The molecular weight excluding hydrogens is 280 g/mol. The zero-order valence-corrected chi connectivity index (χ0v) is 10.9. The highest BCUT2D eigenvalue weighted by Gasteiger charge is 2.19. The molecule has 1 aromatic carbocycles. The molecule has 3 rings (SSSR count). The van der Waals surface area contributed by atoms with Gasteiger partial charge < -0.3 is 10.8 Å². The van der Waals surface area contributed by atoms with Gasteiger partial charge in [-0.25, -0.2) is 9.31 Å². The van der Waals surface area contributed by atoms with Crippen molar-refractivity contribution in [3.05, 3.63) is 47.1 Å². The SMILES string of the molecule is Nc1nc2ccc(-c3ccccc3Cl)c(C(=O)O)n2n1. The minimum absolute atomic E-state index is 0.0174. The second kappa shape index (κ2) is 4.50. The molecule has 0 radical (unpaired) electrons. The van der Waals surface area contributed by atoms with Crippen molar-refractivity contribution in [2.24, 2.45) is 0 Å². The Bertz CT molecular complexity index is 828. The van der Waals surface area contributed by atoms with Gasteiger partial charge in [0.05, 0.1) is 0 Å². The molecule has 100 valence electrons. The van der Waals surface area contributed by atoms with E-state index in [1.54, 1.807) is 36.4 Å². The minimum atomic E-state index is -1.13. The summed E-state index contributed by atoms with van der Waals surface area (Å²) in [6, 6.07) is 10.3. The molecule has 0 aliphatic carbocycles. The fraction of sp³-hybridized carbons (Fsp3) is 0. The van der Waals surface area contributed by atoms with Gasteiger partial charge in [0.1, 0.15) is 0 Å². The first-order valence-electron chi connectivity index (χ1n) is 5.71. The zero-order chi connectivity index (χ0) is 14.3. The van der Waals surface area contributed by atoms with Gasteiger partial charge >= 0.3 is 5.97 Å². The van der Waals surface area contributed by atoms with Crippen LogP contribution in [0.1, 0.15) is 10.5 Å². The first kappa shape index (κ1) is 12.4. The Balaban J connectivity index is 2.39. The lowest BCUT2D eigenvalue weighted by atomic mass is 10.0. The first-order valence-corrected chi connectivity index (χ1v) is 6.09. The van der Waals surface area contributed by atoms with E-state index in [0.29, 0.717) is 21.8 Å². The third-order valence-corrected chi connectivity index (χ3v) is 3.21. The number of pyridine rings is 1. The number of carboxylic acid groups (broad SMARTS) is 1. The zero-order valence-electron chi connectivity index (χ0n) is 10.1. The van der Waals surface area contributed by atoms with E-state index in [1.165, 1.54) is 4.52 Å². The largest absolute Gasteiger partial charge is 0.476 e. The molecule has 2 aromatic heterocycles. The van der Waals surface area contributed by atoms with Gasteiger partial charge in [-0.05, 0) is 18.2 Å². The Morgan fingerprint density at radius 3 is 2.65 bits per heavy atom. The maximum Gasteiger partial charge on any atom is 0.355 e. The Morgan fingerprint density at radius 1 is 1.20 bits per heavy atom. The van der Waals surface area contributed by atoms with Crippen LogP contribution in [0, 0.1) is 0 Å². The van der Waals surface area contributed by atoms with Crippen LogP contribution < -0.4 is 5.73 Å². The third kappa shape index (κ3) is 1.86. The smallest absolute Gasteiger partial charge is 0.355 e. The van der Waals surface area contributed by atoms with Crippen molar-refractivity contribution in [1.82, 2.24) is 14.6 Å². The van der Waals surface area contributed by atoms with Crippen molar-refractivity contribution in [3.63, 3.8) is 0 Å². The maximum atomic E-state index is 11.6. The number of carbonyl (C=O) groups is 1. The van der Waals surface area contributed by atoms with Gasteiger partial charge in [0.25, 0.3) is 0 Å². The van der Waals surface area contributed by atoms with Gasteiger partial charge in [-0.3, -0.25) is 0 Å². The molecule has 3 N–H and O–H groups in total. The fourth-order valence-electron chi connectivity index (χ4n) is 2.07. The van der Waals surface area contributed by atoms with E-state index in [0.717, 1.165) is 0 Å². The summed E-state index contributed by atoms with van der Waals surface area (Å²) < 4.78 is 1.20. The molecule has 20 heavy (non-hydrogen) atoms. The number of benzene rings is 1. The van der Waals surface area contributed by atoms with Crippen LogP contribution in [0.3, 0.4) is 0 Å². The molecule has 0 amide bonds. The number of nitrogens with two attached hydrogens (primary N) is 1. The van der Waals surface area contributed by atoms with Gasteiger partial charge in [-0.15, -0.1) is 5.10 Å². The number of hydrogen-bond acceptors (Lipinski definition) is 4. The molecule has 6 nitrogen and oxygen atoms in total. The fourth-order valence-corrected chi connectivity index (χ4v) is 2.30. The summed E-state index contributed by atoms with van der Waals surface area (Å²) in [5, 5.41) is 13.8. The highest BCUT2D eigenvalue weighted by Crippen LogP contribution is 2.30. The van der Waals surface area contributed by atoms with Crippen LogP contribution in [0.5, 0.6) is 0 Å². The Morgan fingerprint density at radius 2 is 1.95 bits per heavy atom. The molecule has 0 saturated carbocycles. The van der Waals surface area contributed by atoms with Crippen molar-refractivity contribution >= 4 is 29.2 Å². The summed E-state index contributed by atoms with van der Waals surface area (Å²) in [7, 11) is 0. The topological polar surface area (TPSA) is 93.5 Å². The van der Waals surface area contributed by atoms with E-state index < -0.39 is 5.97 Å². The van der Waals surface area contributed by atoms with Crippen LogP contribution in [0.4, 0.5) is 5.95 Å². The van der Waals surface area contributed by atoms with Crippen molar-refractivity contribution in [3.8, 4) is 11.1 Å². The number of carboxylic acids is 1. The molecule has 7 heteroatoms. The molecule has 0 atom stereocenters. The Kier molecular flexibility index (Phi) is 2.80. The van der Waals surface area contributed by atoms with Crippen LogP contribution in [-0.2, 0) is 0 Å². The van der Waals surface area contributed by atoms with Gasteiger partial charge in [-0.2, -0.15) is 4.98 Å². The third-order valence-electron chi connectivity index (χ3n) is 2.88. The summed E-state index contributed by atoms with van der Waals surface area (Å²) in [6.07, 6.45) is 0. The number of aromatic nitrogens is 3. The van der Waals surface area contributed by atoms with E-state index in [9.17, 15) is 9.90 Å². The lowest BCUT2D eigenvalue weighted by molar-refractivity contribution is 0.0688. The maximum absolute atomic E-state index is 11.6. The highest BCUT2D eigenvalue weighted by molar-refractivity contribution is 6.33. The monoisotopic (exact) mass is 288 g/mol. The lowest BCUT2D eigenvalue weighted by Crippen LogP contribution is -2.09. The molecule has 3 aromatic rings. The minimum Gasteiger partial charge on any atom is -0.476 e. The van der Waals surface area contributed by atoms with E-state index in [-0.39, 0.29) is 11.6 Å². The number of nitrogens with zero attached hydrogens (tertiary/aromatic N) is 3. The van der Waals surface area contributed by atoms with Crippen LogP contribution >= 0.6 is 11.6 Å². The normalized spacial score (nSPS) is 10.8. The van der Waals surface area contributed by atoms with Crippen molar-refractivity contribution < 1.29 is 9.90 Å². The molecule has 0 unspecified atom stereocenters. The van der Waals surface area contributed by atoms with E-state index >= 15 is 0 Å². The Hall–Kier alpha value is -2.60. The molecule has 0 saturated heterocycles. The van der Waals surface area contributed by atoms with Crippen molar-refractivity contribution in [2.45, 2.75) is 0 Å². The molecule has 0 fully saturated rings. The predicted molar refractivity (Wildman–Crippen MR) is 74.8 cm³/mol. The number of anilines is 1. The van der Waals surface area contributed by atoms with E-state index in [4.69, 9.17) is 17.3 Å². The van der Waals surface area contributed by atoms with Crippen LogP contribution in [0.25, 0.3) is 16.8 Å². The number of aromatic carboxylic acids is 1. The van der Waals surface area contributed by atoms with Gasteiger partial charge in [0.2, 0.25) is 5.95 Å². The summed E-state index contributed by atoms with van der Waals surface area (Å²) in [6.45, 7) is 0. The summed E-state index contributed by atoms with van der Waals surface area (Å²) >= 11 is 6.13. The van der Waals surface area contributed by atoms with E-state index in [1.807, 2.05) is 0 Å². The van der Waals surface area contributed by atoms with E-state index in [2.05, 4.69) is 10.1 Å². The van der Waals surface area contributed by atoms with Gasteiger partial charge in [0.15, 0.2) is 11.3 Å². The number of fused-ring (bicyclic) bond motifs is 1. The van der Waals surface area contributed by atoms with Crippen LogP contribution in [0.2, 0.25) is 5.02 Å². The quantitative estimate of drug-likeness (QED) is 0.755. The van der Waals surface area contributed by atoms with Crippen molar-refractivity contribution in [1.29, 1.82) is 0 Å². The second-order valence-electron chi connectivity index (χ2n) is 4.12. The molecule has 2 heterocycles. The van der Waals surface area contributed by atoms with Crippen molar-refractivity contribution in [2.75, 3.05) is 5.73 Å². The molecule has 0 aliphatic rings. The average molecular weight is 289 g/mol. The summed E-state index contributed by atoms with van der Waals surface area (Å²) in [5.41, 5.74) is 6.93. The van der Waals surface area contributed by atoms with Crippen LogP contribution in [-0.4, -0.2) is 25.7 Å². The van der Waals surface area contributed by atoms with Gasteiger partial charge in [-0.1, -0.05) is 29.8 Å². The van der Waals surface area contributed by atoms with Crippen LogP contribution in [0.15, 0.2) is 36.4 Å². The summed E-state index contributed by atoms with van der Waals surface area (Å²) in [5.74, 6) is -1.11. The lowest BCUT2D eigenvalue weighted by Gasteiger charge is -2.09. The predicted octanol–water partition coefficient (Wildman–Crippen LogP) is 2.33. The highest BCUT2D eigenvalue weighted by atomic mass is 35.5. The summed E-state index contributed by atoms with van der Waals surface area (Å²) in [4.78, 5) is 15.5. The average Bonchev–Trinajstić information content (AvgIpc) is 2.78. The van der Waals surface area contributed by atoms with Gasteiger partial charge in [0, 0.05) is 16.1 Å². The molecule has 0 spiro atoms. The number of halogens is 1. The molecule has 0 bridgehead atoms. The number of rotatable bonds is 2. The molecule has 0 aliphatic heterocycles. The molecular formula is C13H9ClN4O2. The standard InChI is InChI=1S/C13H9ClN4O2/c14-9-4-2-1-3-7(9)8-5-6-10-16-13(15)17-18(10)11(8)12(19)20/h1-6H,(H2,15,17)(H,19,20). The number of nitrogen functional groups attached to an aromatic ring is 1. The first-order chi connectivity index (χ1) is 9.58. The Labute approximate surface area is 118 Å². The number of hydrogen-bond donors (Lipinski definition) is 2.